The lowest BCUT2D eigenvalue weighted by Gasteiger charge is -2.31. The molecule has 6 nitrogen and oxygen atoms in total. The molecule has 2 aromatic rings. The van der Waals surface area contributed by atoms with Gasteiger partial charge in [-0.3, -0.25) is 4.90 Å². The minimum atomic E-state index is 0.348. The number of furan rings is 1. The lowest BCUT2D eigenvalue weighted by molar-refractivity contribution is -0.0159. The Hall–Kier alpha value is -1.63. The second-order valence-corrected chi connectivity index (χ2v) is 5.87. The Labute approximate surface area is 136 Å². The fourth-order valence-electron chi connectivity index (χ4n) is 2.83. The number of aromatic nitrogens is 1. The highest BCUT2D eigenvalue weighted by Gasteiger charge is 2.22. The van der Waals surface area contributed by atoms with Gasteiger partial charge >= 0.3 is 0 Å². The molecule has 0 aliphatic carbocycles. The van der Waals surface area contributed by atoms with Crippen LogP contribution in [0.3, 0.4) is 0 Å². The van der Waals surface area contributed by atoms with Gasteiger partial charge in [0.25, 0.3) is 0 Å². The van der Waals surface area contributed by atoms with Crippen molar-refractivity contribution < 1.29 is 18.3 Å². The lowest BCUT2D eigenvalue weighted by atomic mass is 10.1. The van der Waals surface area contributed by atoms with Crippen molar-refractivity contribution in [2.24, 2.45) is 0 Å². The molecule has 0 saturated carbocycles. The fourth-order valence-corrected chi connectivity index (χ4v) is 2.83. The van der Waals surface area contributed by atoms with E-state index in [1.165, 1.54) is 0 Å². The summed E-state index contributed by atoms with van der Waals surface area (Å²) in [7, 11) is 1.70. The highest BCUT2D eigenvalue weighted by atomic mass is 16.5. The standard InChI is InChI=1S/C17H24N2O4/c1-13-16(18-17(23-13)14-5-8-21-12-14)11-19-6-3-15(4-7-19)22-10-9-20-2/h5,8,12,15H,3-4,6-7,9-11H2,1-2H3. The second-order valence-electron chi connectivity index (χ2n) is 5.87. The average molecular weight is 320 g/mol. The van der Waals surface area contributed by atoms with Gasteiger partial charge in [-0.2, -0.15) is 0 Å². The van der Waals surface area contributed by atoms with Crippen LogP contribution in [0.1, 0.15) is 24.3 Å². The Bertz CT molecular complexity index is 586. The Morgan fingerprint density at radius 3 is 2.83 bits per heavy atom. The maximum Gasteiger partial charge on any atom is 0.229 e. The number of hydrogen-bond donors (Lipinski definition) is 0. The average Bonchev–Trinajstić information content (AvgIpc) is 3.20. The first-order valence-electron chi connectivity index (χ1n) is 8.08. The van der Waals surface area contributed by atoms with Crippen LogP contribution < -0.4 is 0 Å². The third kappa shape index (κ3) is 4.22. The first-order valence-corrected chi connectivity index (χ1v) is 8.08. The summed E-state index contributed by atoms with van der Waals surface area (Å²) in [6.07, 6.45) is 5.73. The van der Waals surface area contributed by atoms with Crippen molar-refractivity contribution in [1.29, 1.82) is 0 Å². The zero-order valence-corrected chi connectivity index (χ0v) is 13.8. The minimum Gasteiger partial charge on any atom is -0.472 e. The predicted molar refractivity (Wildman–Crippen MR) is 85.1 cm³/mol. The summed E-state index contributed by atoms with van der Waals surface area (Å²) in [6.45, 7) is 6.16. The van der Waals surface area contributed by atoms with Crippen LogP contribution in [0.2, 0.25) is 0 Å². The van der Waals surface area contributed by atoms with Crippen LogP contribution in [-0.4, -0.2) is 49.4 Å². The molecule has 0 unspecified atom stereocenters. The lowest BCUT2D eigenvalue weighted by Crippen LogP contribution is -2.37. The Balaban J connectivity index is 1.51. The third-order valence-electron chi connectivity index (χ3n) is 4.21. The van der Waals surface area contributed by atoms with E-state index >= 15 is 0 Å². The summed E-state index contributed by atoms with van der Waals surface area (Å²) in [4.78, 5) is 7.01. The van der Waals surface area contributed by atoms with E-state index in [1.54, 1.807) is 19.6 Å². The third-order valence-corrected chi connectivity index (χ3v) is 4.21. The maximum atomic E-state index is 5.80. The molecule has 0 atom stereocenters. The van der Waals surface area contributed by atoms with Crippen LogP contribution in [0.4, 0.5) is 0 Å². The van der Waals surface area contributed by atoms with E-state index in [0.717, 1.165) is 49.5 Å². The largest absolute Gasteiger partial charge is 0.472 e. The molecule has 23 heavy (non-hydrogen) atoms. The number of likely N-dealkylation sites (tertiary alicyclic amines) is 1. The summed E-state index contributed by atoms with van der Waals surface area (Å²) in [5.41, 5.74) is 1.88. The Morgan fingerprint density at radius 1 is 1.30 bits per heavy atom. The number of ether oxygens (including phenoxy) is 2. The summed E-state index contributed by atoms with van der Waals surface area (Å²) in [5.74, 6) is 1.50. The number of aryl methyl sites for hydroxylation is 1. The molecule has 1 fully saturated rings. The van der Waals surface area contributed by atoms with Gasteiger partial charge < -0.3 is 18.3 Å². The topological polar surface area (TPSA) is 60.9 Å². The van der Waals surface area contributed by atoms with Gasteiger partial charge in [-0.15, -0.1) is 0 Å². The van der Waals surface area contributed by atoms with Crippen molar-refractivity contribution in [1.82, 2.24) is 9.88 Å². The first kappa shape index (κ1) is 16.2. The number of piperidine rings is 1. The molecule has 126 valence electrons. The first-order chi connectivity index (χ1) is 11.3. The van der Waals surface area contributed by atoms with Gasteiger partial charge in [0.15, 0.2) is 0 Å². The summed E-state index contributed by atoms with van der Waals surface area (Å²) >= 11 is 0. The Morgan fingerprint density at radius 2 is 2.13 bits per heavy atom. The van der Waals surface area contributed by atoms with Gasteiger partial charge in [-0.25, -0.2) is 4.98 Å². The summed E-state index contributed by atoms with van der Waals surface area (Å²) in [6, 6.07) is 1.86. The molecule has 1 aliphatic heterocycles. The molecule has 0 N–H and O–H groups in total. The maximum absolute atomic E-state index is 5.80. The molecule has 0 aromatic carbocycles. The van der Waals surface area contributed by atoms with Gasteiger partial charge in [-0.1, -0.05) is 0 Å². The van der Waals surface area contributed by atoms with Crippen molar-refractivity contribution in [3.63, 3.8) is 0 Å². The van der Waals surface area contributed by atoms with Gasteiger partial charge in [0.1, 0.15) is 12.0 Å². The van der Waals surface area contributed by atoms with Crippen molar-refractivity contribution in [3.05, 3.63) is 30.0 Å². The highest BCUT2D eigenvalue weighted by molar-refractivity contribution is 5.51. The molecule has 1 aliphatic rings. The number of nitrogens with zero attached hydrogens (tertiary/aromatic N) is 2. The zero-order chi connectivity index (χ0) is 16.1. The van der Waals surface area contributed by atoms with Crippen molar-refractivity contribution in [3.8, 4) is 11.5 Å². The van der Waals surface area contributed by atoms with E-state index in [2.05, 4.69) is 9.88 Å². The molecule has 6 heteroatoms. The van der Waals surface area contributed by atoms with Crippen LogP contribution in [0, 0.1) is 6.92 Å². The minimum absolute atomic E-state index is 0.348. The van der Waals surface area contributed by atoms with E-state index in [4.69, 9.17) is 18.3 Å². The van der Waals surface area contributed by atoms with Gasteiger partial charge in [-0.05, 0) is 25.8 Å². The monoisotopic (exact) mass is 320 g/mol. The zero-order valence-electron chi connectivity index (χ0n) is 13.8. The molecule has 3 heterocycles. The highest BCUT2D eigenvalue weighted by Crippen LogP contribution is 2.24. The van der Waals surface area contributed by atoms with Crippen LogP contribution in [0.5, 0.6) is 0 Å². The molecule has 3 rings (SSSR count). The number of oxazole rings is 1. The van der Waals surface area contributed by atoms with Gasteiger partial charge in [0.2, 0.25) is 5.89 Å². The van der Waals surface area contributed by atoms with Crippen LogP contribution in [0.25, 0.3) is 11.5 Å². The summed E-state index contributed by atoms with van der Waals surface area (Å²) < 4.78 is 21.7. The molecule has 0 radical (unpaired) electrons. The van der Waals surface area contributed by atoms with Crippen molar-refractivity contribution >= 4 is 0 Å². The molecular weight excluding hydrogens is 296 g/mol. The molecular formula is C17H24N2O4. The molecule has 0 amide bonds. The van der Waals surface area contributed by atoms with E-state index in [0.29, 0.717) is 25.2 Å². The van der Waals surface area contributed by atoms with E-state index in [-0.39, 0.29) is 0 Å². The quantitative estimate of drug-likeness (QED) is 0.731. The molecule has 0 bridgehead atoms. The van der Waals surface area contributed by atoms with Crippen LogP contribution in [-0.2, 0) is 16.0 Å². The van der Waals surface area contributed by atoms with Crippen molar-refractivity contribution in [2.75, 3.05) is 33.4 Å². The SMILES string of the molecule is COCCOC1CCN(Cc2nc(-c3ccoc3)oc2C)CC1. The normalized spacial score (nSPS) is 17.0. The van der Waals surface area contributed by atoms with Crippen LogP contribution in [0.15, 0.2) is 27.4 Å². The molecule has 1 saturated heterocycles. The smallest absolute Gasteiger partial charge is 0.229 e. The predicted octanol–water partition coefficient (Wildman–Crippen LogP) is 2.87. The second kappa shape index (κ2) is 7.77. The summed E-state index contributed by atoms with van der Waals surface area (Å²) in [5, 5.41) is 0. The molecule has 2 aromatic heterocycles. The van der Waals surface area contributed by atoms with E-state index in [9.17, 15) is 0 Å². The van der Waals surface area contributed by atoms with Gasteiger partial charge in [0, 0.05) is 26.7 Å². The number of rotatable bonds is 7. The number of methoxy groups -OCH3 is 1. The Kier molecular flexibility index (Phi) is 5.48. The van der Waals surface area contributed by atoms with Crippen LogP contribution >= 0.6 is 0 Å². The van der Waals surface area contributed by atoms with Crippen molar-refractivity contribution in [2.45, 2.75) is 32.4 Å². The fraction of sp³-hybridized carbons (Fsp3) is 0.588. The molecule has 0 spiro atoms. The number of hydrogen-bond acceptors (Lipinski definition) is 6. The van der Waals surface area contributed by atoms with E-state index < -0.39 is 0 Å². The van der Waals surface area contributed by atoms with Gasteiger partial charge in [0.05, 0.1) is 36.8 Å². The van der Waals surface area contributed by atoms with E-state index in [1.807, 2.05) is 13.0 Å².